The van der Waals surface area contributed by atoms with Gasteiger partial charge in [0, 0.05) is 24.9 Å². The molecule has 3 aromatic heterocycles. The van der Waals surface area contributed by atoms with Crippen LogP contribution >= 0.6 is 0 Å². The Balaban J connectivity index is 1.50. The first-order chi connectivity index (χ1) is 15.7. The van der Waals surface area contributed by atoms with Gasteiger partial charge in [0.25, 0.3) is 0 Å². The van der Waals surface area contributed by atoms with E-state index in [1.54, 1.807) is 18.3 Å². The van der Waals surface area contributed by atoms with Gasteiger partial charge < -0.3 is 15.0 Å². The number of hydrogen-bond donors (Lipinski definition) is 2. The van der Waals surface area contributed by atoms with Crippen LogP contribution in [-0.2, 0) is 6.54 Å². The number of rotatable bonds is 8. The Morgan fingerprint density at radius 2 is 1.97 bits per heavy atom. The van der Waals surface area contributed by atoms with E-state index in [0.29, 0.717) is 17.3 Å². The molecule has 1 aromatic carbocycles. The molecule has 1 aliphatic rings. The van der Waals surface area contributed by atoms with Crippen LogP contribution in [0.4, 0.5) is 11.6 Å². The number of aromatic nitrogens is 4. The summed E-state index contributed by atoms with van der Waals surface area (Å²) in [5.41, 5.74) is 5.78. The highest BCUT2D eigenvalue weighted by Gasteiger charge is 2.25. The molecule has 0 spiro atoms. The molecular formula is C25H24N6O. The predicted molar refractivity (Wildman–Crippen MR) is 123 cm³/mol. The molecule has 7 nitrogen and oxygen atoms in total. The lowest BCUT2D eigenvalue weighted by Gasteiger charge is -2.11. The third-order valence-electron chi connectivity index (χ3n) is 5.77. The number of aryl methyl sites for hydroxylation is 1. The van der Waals surface area contributed by atoms with Gasteiger partial charge in [-0.2, -0.15) is 5.26 Å². The maximum atomic E-state index is 9.16. The summed E-state index contributed by atoms with van der Waals surface area (Å²) in [4.78, 5) is 13.7. The molecule has 1 fully saturated rings. The number of pyridine rings is 2. The first-order valence-electron chi connectivity index (χ1n) is 10.9. The van der Waals surface area contributed by atoms with Crippen LogP contribution in [0.2, 0.25) is 0 Å². The highest BCUT2D eigenvalue weighted by atomic mass is 16.2. The summed E-state index contributed by atoms with van der Waals surface area (Å²) in [6.45, 7) is 1.03. The quantitative estimate of drug-likeness (QED) is 0.396. The van der Waals surface area contributed by atoms with Gasteiger partial charge in [0.15, 0.2) is 0 Å². The van der Waals surface area contributed by atoms with Crippen LogP contribution in [0.3, 0.4) is 0 Å². The van der Waals surface area contributed by atoms with Crippen molar-refractivity contribution in [2.75, 3.05) is 11.9 Å². The summed E-state index contributed by atoms with van der Waals surface area (Å²) in [6.07, 6.45) is 7.56. The van der Waals surface area contributed by atoms with Crippen molar-refractivity contribution < 1.29 is 5.11 Å². The molecule has 3 heterocycles. The van der Waals surface area contributed by atoms with E-state index in [1.807, 2.05) is 12.4 Å². The zero-order valence-corrected chi connectivity index (χ0v) is 17.7. The van der Waals surface area contributed by atoms with Gasteiger partial charge in [-0.25, -0.2) is 15.0 Å². The molecule has 5 rings (SSSR count). The number of aliphatic hydroxyl groups is 1. The van der Waals surface area contributed by atoms with Gasteiger partial charge in [-0.3, -0.25) is 0 Å². The third kappa shape index (κ3) is 4.32. The van der Waals surface area contributed by atoms with Crippen molar-refractivity contribution in [3.8, 4) is 17.3 Å². The second-order valence-corrected chi connectivity index (χ2v) is 8.18. The molecule has 0 amide bonds. The van der Waals surface area contributed by atoms with E-state index in [2.05, 4.69) is 50.2 Å². The molecule has 0 unspecified atom stereocenters. The number of nitrogens with zero attached hydrogens (tertiary/aromatic N) is 5. The molecule has 0 aliphatic heterocycles. The predicted octanol–water partition coefficient (Wildman–Crippen LogP) is 4.76. The summed E-state index contributed by atoms with van der Waals surface area (Å²) in [6, 6.07) is 16.0. The van der Waals surface area contributed by atoms with Crippen LogP contribution in [0.25, 0.3) is 22.3 Å². The number of benzene rings is 1. The van der Waals surface area contributed by atoms with E-state index >= 15 is 0 Å². The Kier molecular flexibility index (Phi) is 5.53. The third-order valence-corrected chi connectivity index (χ3v) is 5.77. The maximum absolute atomic E-state index is 9.16. The van der Waals surface area contributed by atoms with E-state index in [-0.39, 0.29) is 6.61 Å². The maximum Gasteiger partial charge on any atom is 0.132 e. The molecular weight excluding hydrogens is 400 g/mol. The average molecular weight is 425 g/mol. The average Bonchev–Trinajstić information content (AvgIpc) is 3.60. The minimum atomic E-state index is 0.206. The number of fused-ring (bicyclic) bond motifs is 1. The topological polar surface area (TPSA) is 99.7 Å². The van der Waals surface area contributed by atoms with Gasteiger partial charge in [-0.1, -0.05) is 6.07 Å². The Bertz CT molecular complexity index is 1300. The van der Waals surface area contributed by atoms with Gasteiger partial charge in [-0.15, -0.1) is 0 Å². The van der Waals surface area contributed by atoms with Crippen molar-refractivity contribution in [3.05, 3.63) is 66.1 Å². The number of unbranched alkanes of at least 4 members (excludes halogenated alkanes) is 1. The van der Waals surface area contributed by atoms with E-state index in [4.69, 9.17) is 15.4 Å². The Hall–Kier alpha value is -3.76. The summed E-state index contributed by atoms with van der Waals surface area (Å²) in [7, 11) is 0. The number of hydrogen-bond acceptors (Lipinski definition) is 6. The van der Waals surface area contributed by atoms with Crippen LogP contribution in [0.5, 0.6) is 0 Å². The van der Waals surface area contributed by atoms with Crippen molar-refractivity contribution >= 4 is 22.7 Å². The SMILES string of the molecule is N#Cc1ccnc(Nc2cc(C3CC3)cc(-c3ccc4ncn(CCCCO)c4c3)n2)c1. The standard InChI is InChI=1S/C25H24N6O/c26-15-17-7-8-27-24(11-17)30-25-14-20(18-3-4-18)12-22(29-25)19-5-6-21-23(13-19)31(16-28-21)9-1-2-10-32/h5-8,11-14,16,18,32H,1-4,9-10H2,(H,27,29,30). The monoisotopic (exact) mass is 424 g/mol. The molecule has 4 aromatic rings. The molecule has 7 heteroatoms. The summed E-state index contributed by atoms with van der Waals surface area (Å²) < 4.78 is 2.13. The van der Waals surface area contributed by atoms with Crippen molar-refractivity contribution in [1.82, 2.24) is 19.5 Å². The van der Waals surface area contributed by atoms with Crippen LogP contribution in [0.15, 0.2) is 55.0 Å². The summed E-state index contributed by atoms with van der Waals surface area (Å²) >= 11 is 0. The van der Waals surface area contributed by atoms with Crippen LogP contribution < -0.4 is 5.32 Å². The van der Waals surface area contributed by atoms with Crippen LogP contribution in [-0.4, -0.2) is 31.2 Å². The van der Waals surface area contributed by atoms with E-state index < -0.39 is 0 Å². The zero-order valence-electron chi connectivity index (χ0n) is 17.7. The second-order valence-electron chi connectivity index (χ2n) is 8.18. The molecule has 1 aliphatic carbocycles. The van der Waals surface area contributed by atoms with Crippen molar-refractivity contribution in [2.45, 2.75) is 38.1 Å². The van der Waals surface area contributed by atoms with Gasteiger partial charge >= 0.3 is 0 Å². The van der Waals surface area contributed by atoms with Crippen molar-refractivity contribution in [1.29, 1.82) is 5.26 Å². The zero-order chi connectivity index (χ0) is 21.9. The molecule has 160 valence electrons. The lowest BCUT2D eigenvalue weighted by molar-refractivity contribution is 0.281. The molecule has 0 saturated heterocycles. The first-order valence-corrected chi connectivity index (χ1v) is 10.9. The fourth-order valence-electron chi connectivity index (χ4n) is 3.90. The van der Waals surface area contributed by atoms with Crippen LogP contribution in [0.1, 0.15) is 42.7 Å². The van der Waals surface area contributed by atoms with Gasteiger partial charge in [0.1, 0.15) is 11.6 Å². The van der Waals surface area contributed by atoms with Gasteiger partial charge in [-0.05, 0) is 73.6 Å². The molecule has 1 saturated carbocycles. The van der Waals surface area contributed by atoms with E-state index in [0.717, 1.165) is 47.5 Å². The number of imidazole rings is 1. The van der Waals surface area contributed by atoms with E-state index in [1.165, 1.54) is 18.4 Å². The number of anilines is 2. The second kappa shape index (κ2) is 8.77. The Labute approximate surface area is 186 Å². The Morgan fingerprint density at radius 1 is 1.06 bits per heavy atom. The minimum absolute atomic E-state index is 0.206. The number of aliphatic hydroxyl groups excluding tert-OH is 1. The molecule has 0 radical (unpaired) electrons. The molecule has 0 bridgehead atoms. The molecule has 2 N–H and O–H groups in total. The smallest absolute Gasteiger partial charge is 0.132 e. The summed E-state index contributed by atoms with van der Waals surface area (Å²) in [5, 5.41) is 21.5. The highest BCUT2D eigenvalue weighted by Crippen LogP contribution is 2.42. The highest BCUT2D eigenvalue weighted by molar-refractivity contribution is 5.82. The van der Waals surface area contributed by atoms with Gasteiger partial charge in [0.2, 0.25) is 0 Å². The number of nitrogens with one attached hydrogen (secondary N) is 1. The normalized spacial score (nSPS) is 13.2. The fraction of sp³-hybridized carbons (Fsp3) is 0.280. The van der Waals surface area contributed by atoms with Gasteiger partial charge in [0.05, 0.1) is 34.7 Å². The molecule has 32 heavy (non-hydrogen) atoms. The Morgan fingerprint density at radius 3 is 2.78 bits per heavy atom. The number of nitriles is 1. The van der Waals surface area contributed by atoms with Crippen molar-refractivity contribution in [3.63, 3.8) is 0 Å². The molecule has 0 atom stereocenters. The minimum Gasteiger partial charge on any atom is -0.396 e. The summed E-state index contributed by atoms with van der Waals surface area (Å²) in [5.74, 6) is 1.90. The van der Waals surface area contributed by atoms with Crippen LogP contribution in [0, 0.1) is 11.3 Å². The fourth-order valence-corrected chi connectivity index (χ4v) is 3.90. The lowest BCUT2D eigenvalue weighted by Crippen LogP contribution is -2.00. The lowest BCUT2D eigenvalue weighted by atomic mass is 10.1. The largest absolute Gasteiger partial charge is 0.396 e. The van der Waals surface area contributed by atoms with Crippen molar-refractivity contribution in [2.24, 2.45) is 0 Å². The first kappa shape index (κ1) is 20.2. The van der Waals surface area contributed by atoms with E-state index in [9.17, 15) is 0 Å².